The minimum absolute atomic E-state index is 0.00680. The van der Waals surface area contributed by atoms with Crippen molar-refractivity contribution in [2.45, 2.75) is 103 Å². The third-order valence-electron chi connectivity index (χ3n) is 11.2. The summed E-state index contributed by atoms with van der Waals surface area (Å²) in [7, 11) is 4.01. The van der Waals surface area contributed by atoms with Gasteiger partial charge in [0.15, 0.2) is 5.96 Å². The Labute approximate surface area is 328 Å². The van der Waals surface area contributed by atoms with Crippen LogP contribution < -0.4 is 10.6 Å². The second kappa shape index (κ2) is 21.5. The van der Waals surface area contributed by atoms with E-state index < -0.39 is 55.5 Å². The van der Waals surface area contributed by atoms with Crippen molar-refractivity contribution < 1.29 is 38.2 Å². The highest BCUT2D eigenvalue weighted by molar-refractivity contribution is 7.52. The fraction of sp³-hybridized carbons (Fsp3) is 0.744. The molecule has 2 aliphatic heterocycles. The second-order valence-electron chi connectivity index (χ2n) is 15.6. The number of hydrogen-bond acceptors (Lipinski definition) is 8. The molecule has 4 N–H and O–H groups in total. The number of benzene rings is 1. The van der Waals surface area contributed by atoms with Gasteiger partial charge in [0, 0.05) is 74.5 Å². The number of likely N-dealkylation sites (tertiary alicyclic amines) is 1. The molecule has 2 fully saturated rings. The van der Waals surface area contributed by atoms with E-state index in [1.807, 2.05) is 32.8 Å². The summed E-state index contributed by atoms with van der Waals surface area (Å²) in [6, 6.07) is 7.32. The largest absolute Gasteiger partial charge is 0.379 e. The number of likely N-dealkylation sites (N-methyl/N-ethyl adjacent to an activating group) is 1. The van der Waals surface area contributed by atoms with Crippen LogP contribution in [0.25, 0.3) is 0 Å². The molecule has 16 heteroatoms. The van der Waals surface area contributed by atoms with Crippen LogP contribution in [-0.4, -0.2) is 157 Å². The van der Waals surface area contributed by atoms with Crippen LogP contribution in [0.5, 0.6) is 0 Å². The summed E-state index contributed by atoms with van der Waals surface area (Å²) in [5.41, 5.74) is 0.677. The molecule has 55 heavy (non-hydrogen) atoms. The first-order chi connectivity index (χ1) is 26.0. The van der Waals surface area contributed by atoms with Crippen LogP contribution in [0.3, 0.4) is 0 Å². The van der Waals surface area contributed by atoms with Crippen LogP contribution >= 0.6 is 7.60 Å². The highest BCUT2D eigenvalue weighted by atomic mass is 31.2. The Morgan fingerprint density at radius 3 is 2.18 bits per heavy atom. The fourth-order valence-corrected chi connectivity index (χ4v) is 8.60. The van der Waals surface area contributed by atoms with Gasteiger partial charge in [-0.15, -0.1) is 0 Å². The molecule has 312 valence electrons. The molecule has 1 aromatic carbocycles. The van der Waals surface area contributed by atoms with Gasteiger partial charge in [-0.05, 0) is 30.2 Å². The molecule has 8 atom stereocenters. The van der Waals surface area contributed by atoms with Crippen LogP contribution in [0.1, 0.15) is 65.9 Å². The molecule has 0 bridgehead atoms. The van der Waals surface area contributed by atoms with E-state index in [1.165, 1.54) is 7.11 Å². The number of piperazine rings is 1. The summed E-state index contributed by atoms with van der Waals surface area (Å²) >= 11 is 0. The Hall–Kier alpha value is -3.07. The standard InChI is InChI=1S/C39H68N7O8P/c1-11-27(4)35(44(8)38(49)34(26(2)3)42-39(43(6)7)45-22-19-40-20-23-45)31(53-9)25-33(47)46-21-15-18-30(46)36(54-10)28(5)37(48)41-32(55(50,51)52)24-29-16-13-12-14-17-29/h12-14,16-17,26-28,30-32,34-36,40H,11,15,18-25H2,1-10H3,(H,41,48)(H2,50,51,52)/b42-39-/t27-,28+,30-,31+,32+,34-,35-,36+/m0/s1. The molecule has 0 unspecified atom stereocenters. The van der Waals surface area contributed by atoms with Crippen LogP contribution in [0.2, 0.25) is 0 Å². The number of nitrogens with one attached hydrogen (secondary N) is 2. The van der Waals surface area contributed by atoms with E-state index in [2.05, 4.69) is 29.4 Å². The Morgan fingerprint density at radius 1 is 1.02 bits per heavy atom. The zero-order valence-corrected chi connectivity index (χ0v) is 35.6. The first-order valence-electron chi connectivity index (χ1n) is 19.7. The molecule has 0 spiro atoms. The minimum atomic E-state index is -4.71. The van der Waals surface area contributed by atoms with Crippen molar-refractivity contribution in [2.24, 2.45) is 22.7 Å². The summed E-state index contributed by atoms with van der Waals surface area (Å²) in [5, 5.41) is 5.95. The van der Waals surface area contributed by atoms with Crippen molar-refractivity contribution in [2.75, 3.05) is 68.1 Å². The van der Waals surface area contributed by atoms with Gasteiger partial charge >= 0.3 is 7.60 Å². The van der Waals surface area contributed by atoms with Crippen LogP contribution in [0.15, 0.2) is 35.3 Å². The van der Waals surface area contributed by atoms with Gasteiger partial charge in [-0.25, -0.2) is 4.99 Å². The number of guanidine groups is 1. The summed E-state index contributed by atoms with van der Waals surface area (Å²) < 4.78 is 24.4. The van der Waals surface area contributed by atoms with Gasteiger partial charge in [-0.2, -0.15) is 0 Å². The molecule has 0 radical (unpaired) electrons. The lowest BCUT2D eigenvalue weighted by molar-refractivity contribution is -0.146. The number of amides is 3. The van der Waals surface area contributed by atoms with Crippen molar-refractivity contribution in [3.05, 3.63) is 35.9 Å². The first kappa shape index (κ1) is 46.3. The molecule has 3 amide bonds. The average Bonchev–Trinajstić information content (AvgIpc) is 3.64. The molecule has 2 heterocycles. The Bertz CT molecular complexity index is 1450. The number of nitrogens with zero attached hydrogens (tertiary/aromatic N) is 5. The monoisotopic (exact) mass is 793 g/mol. The molecular weight excluding hydrogens is 725 g/mol. The highest BCUT2D eigenvalue weighted by Crippen LogP contribution is 2.41. The highest BCUT2D eigenvalue weighted by Gasteiger charge is 2.43. The smallest absolute Gasteiger partial charge is 0.347 e. The van der Waals surface area contributed by atoms with Crippen LogP contribution in [0.4, 0.5) is 0 Å². The topological polar surface area (TPSA) is 177 Å². The number of carbonyl (C=O) groups is 3. The van der Waals surface area contributed by atoms with Crippen molar-refractivity contribution in [3.63, 3.8) is 0 Å². The van der Waals surface area contributed by atoms with E-state index in [0.29, 0.717) is 24.9 Å². The van der Waals surface area contributed by atoms with Crippen molar-refractivity contribution in [1.82, 2.24) is 30.2 Å². The van der Waals surface area contributed by atoms with E-state index in [4.69, 9.17) is 14.5 Å². The maximum atomic E-state index is 14.4. The van der Waals surface area contributed by atoms with E-state index in [1.54, 1.807) is 61.2 Å². The summed E-state index contributed by atoms with van der Waals surface area (Å²) in [4.78, 5) is 75.1. The minimum Gasteiger partial charge on any atom is -0.379 e. The Kier molecular flexibility index (Phi) is 18.1. The Morgan fingerprint density at radius 2 is 1.65 bits per heavy atom. The molecule has 3 rings (SSSR count). The number of aliphatic imine (C=N–C) groups is 1. The van der Waals surface area contributed by atoms with Crippen LogP contribution in [0, 0.1) is 17.8 Å². The molecule has 0 saturated carbocycles. The molecule has 0 aromatic heterocycles. The molecular formula is C39H68N7O8P. The van der Waals surface area contributed by atoms with Gasteiger partial charge in [0.1, 0.15) is 11.8 Å². The maximum absolute atomic E-state index is 14.4. The van der Waals surface area contributed by atoms with Gasteiger partial charge < -0.3 is 49.5 Å². The molecule has 2 aliphatic rings. The molecule has 2 saturated heterocycles. The average molecular weight is 794 g/mol. The third-order valence-corrected chi connectivity index (χ3v) is 12.3. The van der Waals surface area contributed by atoms with E-state index >= 15 is 0 Å². The summed E-state index contributed by atoms with van der Waals surface area (Å²) in [5.74, 6) is -2.45. The number of hydrogen-bond donors (Lipinski definition) is 4. The number of ether oxygens (including phenoxy) is 2. The lowest BCUT2D eigenvalue weighted by atomic mass is 9.89. The predicted molar refractivity (Wildman–Crippen MR) is 214 cm³/mol. The lowest BCUT2D eigenvalue weighted by Crippen LogP contribution is -2.55. The summed E-state index contributed by atoms with van der Waals surface area (Å²) in [6.07, 6.45) is 0.645. The normalized spacial score (nSPS) is 20.7. The van der Waals surface area contributed by atoms with Crippen molar-refractivity contribution in [3.8, 4) is 0 Å². The van der Waals surface area contributed by atoms with Crippen LogP contribution in [-0.2, 0) is 34.8 Å². The van der Waals surface area contributed by atoms with Gasteiger partial charge in [0.25, 0.3) is 0 Å². The lowest BCUT2D eigenvalue weighted by Gasteiger charge is -2.40. The predicted octanol–water partition coefficient (Wildman–Crippen LogP) is 2.62. The zero-order valence-electron chi connectivity index (χ0n) is 34.7. The van der Waals surface area contributed by atoms with Gasteiger partial charge in [0.05, 0.1) is 36.6 Å². The van der Waals surface area contributed by atoms with E-state index in [-0.39, 0.29) is 36.5 Å². The van der Waals surface area contributed by atoms with Crippen molar-refractivity contribution >= 4 is 31.3 Å². The third kappa shape index (κ3) is 12.5. The van der Waals surface area contributed by atoms with Gasteiger partial charge in [0.2, 0.25) is 17.7 Å². The number of rotatable bonds is 18. The van der Waals surface area contributed by atoms with Gasteiger partial charge in [-0.3, -0.25) is 18.9 Å². The molecule has 1 aromatic rings. The first-order valence-corrected chi connectivity index (χ1v) is 21.4. The molecule has 0 aliphatic carbocycles. The zero-order chi connectivity index (χ0) is 41.0. The van der Waals surface area contributed by atoms with Crippen molar-refractivity contribution in [1.29, 1.82) is 0 Å². The number of carbonyl (C=O) groups excluding carboxylic acids is 3. The second-order valence-corrected chi connectivity index (χ2v) is 17.4. The quantitative estimate of drug-likeness (QED) is 0.0977. The van der Waals surface area contributed by atoms with Gasteiger partial charge in [-0.1, -0.05) is 71.4 Å². The maximum Gasteiger partial charge on any atom is 0.347 e. The van der Waals surface area contributed by atoms with E-state index in [9.17, 15) is 28.7 Å². The molecule has 15 nitrogen and oxygen atoms in total. The number of methoxy groups -OCH3 is 2. The summed E-state index contributed by atoms with van der Waals surface area (Å²) in [6.45, 7) is 13.5. The van der Waals surface area contributed by atoms with E-state index in [0.717, 1.165) is 38.6 Å². The SMILES string of the molecule is CC[C@H](C)[C@@H]([C@@H](CC(=O)N1CCC[C@H]1[C@H](OC)[C@@H](C)C(=O)N[C@@H](Cc1ccccc1)P(=O)(O)O)OC)N(C)C(=O)[C@@H](/N=C(/N(C)C)N1CCNCC1)C(C)C. The Balaban J connectivity index is 1.81. The fourth-order valence-electron chi connectivity index (χ4n) is 7.86.